The third kappa shape index (κ3) is 2.77. The highest BCUT2D eigenvalue weighted by Gasteiger charge is 2.15. The lowest BCUT2D eigenvalue weighted by atomic mass is 10.1. The molecule has 0 unspecified atom stereocenters. The maximum atomic E-state index is 13.8. The number of nitrogens with zero attached hydrogens (tertiary/aromatic N) is 3. The molecule has 0 N–H and O–H groups in total. The van der Waals surface area contributed by atoms with Crippen LogP contribution in [0.15, 0.2) is 39.6 Å². The van der Waals surface area contributed by atoms with Crippen molar-refractivity contribution in [2.45, 2.75) is 20.4 Å². The summed E-state index contributed by atoms with van der Waals surface area (Å²) in [6.45, 7) is 3.18. The molecule has 0 radical (unpaired) electrons. The first-order valence-corrected chi connectivity index (χ1v) is 6.91. The molecule has 118 valence electrons. The van der Waals surface area contributed by atoms with Gasteiger partial charge in [0.2, 0.25) is 0 Å². The molecule has 0 fully saturated rings. The van der Waals surface area contributed by atoms with Gasteiger partial charge < -0.3 is 4.52 Å². The standard InChI is InChI=1S/C16H13F2N3O2/c1-9-16(10(2)23-20-9)14-6-7-15(22)21(19-14)8-11-12(17)4-3-5-13(11)18/h3-7H,8H2,1-2H3. The van der Waals surface area contributed by atoms with Gasteiger partial charge in [0.25, 0.3) is 5.56 Å². The maximum Gasteiger partial charge on any atom is 0.267 e. The Labute approximate surface area is 130 Å². The van der Waals surface area contributed by atoms with Gasteiger partial charge in [-0.2, -0.15) is 5.10 Å². The average molecular weight is 317 g/mol. The number of hydrogen-bond acceptors (Lipinski definition) is 4. The number of aromatic nitrogens is 3. The van der Waals surface area contributed by atoms with E-state index in [0.717, 1.165) is 16.8 Å². The number of halogens is 2. The van der Waals surface area contributed by atoms with Crippen molar-refractivity contribution in [2.75, 3.05) is 0 Å². The molecule has 0 bridgehead atoms. The van der Waals surface area contributed by atoms with Crippen molar-refractivity contribution in [3.8, 4) is 11.3 Å². The lowest BCUT2D eigenvalue weighted by molar-refractivity contribution is 0.393. The Morgan fingerprint density at radius 1 is 1.13 bits per heavy atom. The van der Waals surface area contributed by atoms with Crippen LogP contribution in [0.5, 0.6) is 0 Å². The molecule has 0 aliphatic rings. The van der Waals surface area contributed by atoms with E-state index >= 15 is 0 Å². The van der Waals surface area contributed by atoms with E-state index in [-0.39, 0.29) is 12.1 Å². The minimum absolute atomic E-state index is 0.210. The highest BCUT2D eigenvalue weighted by molar-refractivity contribution is 5.62. The normalized spacial score (nSPS) is 11.0. The van der Waals surface area contributed by atoms with Gasteiger partial charge in [0, 0.05) is 11.6 Å². The molecule has 2 heterocycles. The van der Waals surface area contributed by atoms with Crippen LogP contribution in [-0.4, -0.2) is 14.9 Å². The minimum Gasteiger partial charge on any atom is -0.361 e. The molecule has 0 aliphatic carbocycles. The molecular formula is C16H13F2N3O2. The zero-order chi connectivity index (χ0) is 16.6. The van der Waals surface area contributed by atoms with Crippen LogP contribution in [0.4, 0.5) is 8.78 Å². The molecule has 0 atom stereocenters. The quantitative estimate of drug-likeness (QED) is 0.745. The van der Waals surface area contributed by atoms with Crippen LogP contribution in [-0.2, 0) is 6.54 Å². The van der Waals surface area contributed by atoms with Gasteiger partial charge in [-0.3, -0.25) is 4.79 Å². The topological polar surface area (TPSA) is 60.9 Å². The van der Waals surface area contributed by atoms with E-state index < -0.39 is 17.2 Å². The van der Waals surface area contributed by atoms with Crippen molar-refractivity contribution in [1.29, 1.82) is 0 Å². The lowest BCUT2D eigenvalue weighted by Gasteiger charge is -2.08. The van der Waals surface area contributed by atoms with Gasteiger partial charge in [0.05, 0.1) is 23.5 Å². The van der Waals surface area contributed by atoms with Gasteiger partial charge >= 0.3 is 0 Å². The molecule has 0 saturated heterocycles. The van der Waals surface area contributed by atoms with Gasteiger partial charge in [-0.1, -0.05) is 11.2 Å². The van der Waals surface area contributed by atoms with E-state index in [1.54, 1.807) is 13.8 Å². The average Bonchev–Trinajstić information content (AvgIpc) is 2.84. The van der Waals surface area contributed by atoms with Crippen LogP contribution in [0.25, 0.3) is 11.3 Å². The van der Waals surface area contributed by atoms with Gasteiger partial charge in [-0.15, -0.1) is 0 Å². The van der Waals surface area contributed by atoms with Crippen LogP contribution < -0.4 is 5.56 Å². The molecule has 3 rings (SSSR count). The minimum atomic E-state index is -0.721. The first kappa shape index (κ1) is 15.1. The summed E-state index contributed by atoms with van der Waals surface area (Å²) in [6.07, 6.45) is 0. The van der Waals surface area contributed by atoms with Crippen LogP contribution in [0.1, 0.15) is 17.0 Å². The first-order valence-electron chi connectivity index (χ1n) is 6.91. The Morgan fingerprint density at radius 2 is 1.83 bits per heavy atom. The second kappa shape index (κ2) is 5.75. The predicted molar refractivity (Wildman–Crippen MR) is 78.9 cm³/mol. The van der Waals surface area contributed by atoms with E-state index in [4.69, 9.17) is 4.52 Å². The SMILES string of the molecule is Cc1noc(C)c1-c1ccc(=O)n(Cc2c(F)cccc2F)n1. The molecule has 0 saturated carbocycles. The summed E-state index contributed by atoms with van der Waals surface area (Å²) in [7, 11) is 0. The van der Waals surface area contributed by atoms with Crippen molar-refractivity contribution in [3.05, 3.63) is 69.3 Å². The van der Waals surface area contributed by atoms with Crippen molar-refractivity contribution >= 4 is 0 Å². The van der Waals surface area contributed by atoms with Gasteiger partial charge in [0.1, 0.15) is 17.4 Å². The van der Waals surface area contributed by atoms with E-state index in [9.17, 15) is 13.6 Å². The largest absolute Gasteiger partial charge is 0.361 e. The Kier molecular flexibility index (Phi) is 3.77. The summed E-state index contributed by atoms with van der Waals surface area (Å²) in [6, 6.07) is 6.38. The van der Waals surface area contributed by atoms with E-state index in [1.807, 2.05) is 0 Å². The highest BCUT2D eigenvalue weighted by atomic mass is 19.1. The zero-order valence-corrected chi connectivity index (χ0v) is 12.5. The van der Waals surface area contributed by atoms with Crippen molar-refractivity contribution < 1.29 is 13.3 Å². The molecule has 5 nitrogen and oxygen atoms in total. The van der Waals surface area contributed by atoms with Crippen LogP contribution in [0, 0.1) is 25.5 Å². The lowest BCUT2D eigenvalue weighted by Crippen LogP contribution is -2.24. The van der Waals surface area contributed by atoms with Crippen LogP contribution >= 0.6 is 0 Å². The number of hydrogen-bond donors (Lipinski definition) is 0. The summed E-state index contributed by atoms with van der Waals surface area (Å²) >= 11 is 0. The van der Waals surface area contributed by atoms with Crippen molar-refractivity contribution in [3.63, 3.8) is 0 Å². The van der Waals surface area contributed by atoms with Crippen molar-refractivity contribution in [1.82, 2.24) is 14.9 Å². The third-order valence-corrected chi connectivity index (χ3v) is 3.53. The monoisotopic (exact) mass is 317 g/mol. The van der Waals surface area contributed by atoms with Gasteiger partial charge in [0.15, 0.2) is 0 Å². The van der Waals surface area contributed by atoms with E-state index in [2.05, 4.69) is 10.3 Å². The molecule has 0 amide bonds. The second-order valence-electron chi connectivity index (χ2n) is 5.11. The zero-order valence-electron chi connectivity index (χ0n) is 12.5. The fourth-order valence-corrected chi connectivity index (χ4v) is 2.38. The number of rotatable bonds is 3. The molecule has 7 heteroatoms. The fourth-order valence-electron chi connectivity index (χ4n) is 2.38. The van der Waals surface area contributed by atoms with Crippen molar-refractivity contribution in [2.24, 2.45) is 0 Å². The van der Waals surface area contributed by atoms with Crippen LogP contribution in [0.2, 0.25) is 0 Å². The summed E-state index contributed by atoms with van der Waals surface area (Å²) < 4.78 is 33.6. The maximum absolute atomic E-state index is 13.8. The molecule has 23 heavy (non-hydrogen) atoms. The molecule has 0 spiro atoms. The van der Waals surface area contributed by atoms with E-state index in [0.29, 0.717) is 22.7 Å². The second-order valence-corrected chi connectivity index (χ2v) is 5.11. The van der Waals surface area contributed by atoms with E-state index in [1.165, 1.54) is 18.2 Å². The smallest absolute Gasteiger partial charge is 0.267 e. The third-order valence-electron chi connectivity index (χ3n) is 3.53. The number of benzene rings is 1. The Hall–Kier alpha value is -2.83. The van der Waals surface area contributed by atoms with Gasteiger partial charge in [-0.25, -0.2) is 13.5 Å². The molecule has 1 aromatic carbocycles. The van der Waals surface area contributed by atoms with Crippen LogP contribution in [0.3, 0.4) is 0 Å². The Balaban J connectivity index is 2.07. The highest BCUT2D eigenvalue weighted by Crippen LogP contribution is 2.24. The predicted octanol–water partition coefficient (Wildman–Crippen LogP) is 2.84. The first-order chi connectivity index (χ1) is 11.0. The summed E-state index contributed by atoms with van der Waals surface area (Å²) in [5.74, 6) is -0.889. The summed E-state index contributed by atoms with van der Waals surface area (Å²) in [5.41, 5.74) is 1.07. The Bertz CT molecular complexity index is 892. The van der Waals surface area contributed by atoms with Gasteiger partial charge in [-0.05, 0) is 32.0 Å². The molecule has 3 aromatic rings. The molecule has 2 aromatic heterocycles. The molecular weight excluding hydrogens is 304 g/mol. The number of aryl methyl sites for hydroxylation is 2. The molecule has 0 aliphatic heterocycles. The fraction of sp³-hybridized carbons (Fsp3) is 0.188. The summed E-state index contributed by atoms with van der Waals surface area (Å²) in [4.78, 5) is 12.0. The Morgan fingerprint density at radius 3 is 2.43 bits per heavy atom. The summed E-state index contributed by atoms with van der Waals surface area (Å²) in [5, 5.41) is 8.02.